The average Bonchev–Trinajstić information content (AvgIpc) is 3.15. The van der Waals surface area contributed by atoms with Crippen LogP contribution in [0.4, 0.5) is 5.95 Å². The van der Waals surface area contributed by atoms with Gasteiger partial charge in [0.2, 0.25) is 5.95 Å². The molecule has 0 fully saturated rings. The van der Waals surface area contributed by atoms with Crippen LogP contribution in [-0.4, -0.2) is 33.8 Å². The van der Waals surface area contributed by atoms with E-state index in [9.17, 15) is 9.59 Å². The molecule has 0 bridgehead atoms. The predicted molar refractivity (Wildman–Crippen MR) is 108 cm³/mol. The van der Waals surface area contributed by atoms with Crippen LogP contribution in [0.3, 0.4) is 0 Å². The maximum atomic E-state index is 12.3. The molecule has 4 aromatic rings. The molecule has 0 aliphatic heterocycles. The first-order valence-electron chi connectivity index (χ1n) is 8.84. The zero-order chi connectivity index (χ0) is 20.2. The first-order chi connectivity index (χ1) is 14.1. The lowest BCUT2D eigenvalue weighted by Crippen LogP contribution is -2.18. The van der Waals surface area contributed by atoms with Gasteiger partial charge < -0.3 is 15.0 Å². The monoisotopic (exact) mass is 387 g/mol. The van der Waals surface area contributed by atoms with Crippen LogP contribution >= 0.6 is 0 Å². The summed E-state index contributed by atoms with van der Waals surface area (Å²) in [6.45, 7) is 0. The van der Waals surface area contributed by atoms with E-state index in [1.807, 2.05) is 6.07 Å². The Morgan fingerprint density at radius 1 is 1.03 bits per heavy atom. The number of H-pyrrole nitrogens is 1. The number of carbonyl (C=O) groups excluding carboxylic acids is 2. The summed E-state index contributed by atoms with van der Waals surface area (Å²) >= 11 is 0. The number of pyridine rings is 1. The molecule has 2 aromatic carbocycles. The topological polar surface area (TPSA) is 109 Å². The number of nitrogens with one attached hydrogen (secondary N) is 3. The van der Waals surface area contributed by atoms with E-state index in [4.69, 9.17) is 4.74 Å². The number of nitrogens with zero attached hydrogens (tertiary/aromatic N) is 2. The van der Waals surface area contributed by atoms with E-state index in [1.165, 1.54) is 6.20 Å². The minimum atomic E-state index is -0.290. The number of carbonyl (C=O) groups is 2. The van der Waals surface area contributed by atoms with E-state index in [1.54, 1.807) is 61.8 Å². The van der Waals surface area contributed by atoms with E-state index < -0.39 is 0 Å². The lowest BCUT2D eigenvalue weighted by Gasteiger charge is -2.09. The van der Waals surface area contributed by atoms with Crippen LogP contribution in [-0.2, 0) is 0 Å². The summed E-state index contributed by atoms with van der Waals surface area (Å²) in [7, 11) is 1.54. The van der Waals surface area contributed by atoms with Crippen LogP contribution in [0.25, 0.3) is 11.0 Å². The third-order valence-electron chi connectivity index (χ3n) is 4.20. The number of amides is 2. The molecule has 2 aromatic heterocycles. The quantitative estimate of drug-likeness (QED) is 0.486. The number of imidazole rings is 1. The van der Waals surface area contributed by atoms with Crippen molar-refractivity contribution >= 4 is 28.8 Å². The van der Waals surface area contributed by atoms with Crippen LogP contribution in [0.15, 0.2) is 67.0 Å². The van der Waals surface area contributed by atoms with Gasteiger partial charge in [-0.05, 0) is 30.3 Å². The molecule has 0 radical (unpaired) electrons. The third kappa shape index (κ3) is 3.91. The molecule has 29 heavy (non-hydrogen) atoms. The number of fused-ring (bicyclic) bond motifs is 1. The molecule has 0 aliphatic rings. The molecule has 2 heterocycles. The fraction of sp³-hybridized carbons (Fsp3) is 0.0476. The van der Waals surface area contributed by atoms with Gasteiger partial charge in [-0.3, -0.25) is 19.9 Å². The van der Waals surface area contributed by atoms with Crippen molar-refractivity contribution in [3.8, 4) is 11.5 Å². The smallest absolute Gasteiger partial charge is 0.257 e. The fourth-order valence-electron chi connectivity index (χ4n) is 2.78. The maximum absolute atomic E-state index is 12.3. The van der Waals surface area contributed by atoms with Gasteiger partial charge in [0.15, 0.2) is 0 Å². The number of benzene rings is 2. The number of hydrogen-bond acceptors (Lipinski definition) is 5. The van der Waals surface area contributed by atoms with Crippen LogP contribution < -0.4 is 15.4 Å². The summed E-state index contributed by atoms with van der Waals surface area (Å²) < 4.78 is 5.86. The Morgan fingerprint density at radius 3 is 2.66 bits per heavy atom. The highest BCUT2D eigenvalue weighted by molar-refractivity contribution is 6.04. The Hall–Kier alpha value is -4.20. The Morgan fingerprint density at radius 2 is 1.86 bits per heavy atom. The van der Waals surface area contributed by atoms with E-state index in [2.05, 4.69) is 25.6 Å². The summed E-state index contributed by atoms with van der Waals surface area (Å²) in [5.74, 6) is 0.685. The van der Waals surface area contributed by atoms with E-state index in [0.717, 1.165) is 0 Å². The molecule has 0 aliphatic carbocycles. The number of ether oxygens (including phenoxy) is 1. The Labute approximate surface area is 166 Å². The zero-order valence-corrected chi connectivity index (χ0v) is 15.5. The highest BCUT2D eigenvalue weighted by atomic mass is 16.5. The molecule has 144 valence electrons. The van der Waals surface area contributed by atoms with Gasteiger partial charge in [0, 0.05) is 31.1 Å². The van der Waals surface area contributed by atoms with Crippen LogP contribution in [0.5, 0.6) is 11.5 Å². The van der Waals surface area contributed by atoms with Gasteiger partial charge in [0.1, 0.15) is 17.1 Å². The first-order valence-corrected chi connectivity index (χ1v) is 8.84. The van der Waals surface area contributed by atoms with Gasteiger partial charge in [-0.2, -0.15) is 0 Å². The molecule has 0 spiro atoms. The number of aromatic nitrogens is 3. The molecule has 4 rings (SSSR count). The van der Waals surface area contributed by atoms with Crippen molar-refractivity contribution in [2.24, 2.45) is 0 Å². The van der Waals surface area contributed by atoms with Crippen molar-refractivity contribution in [1.29, 1.82) is 0 Å². The first kappa shape index (κ1) is 18.2. The molecule has 0 atom stereocenters. The van der Waals surface area contributed by atoms with Gasteiger partial charge >= 0.3 is 0 Å². The van der Waals surface area contributed by atoms with Crippen LogP contribution in [0.2, 0.25) is 0 Å². The Kier molecular flexibility index (Phi) is 4.90. The molecule has 0 saturated heterocycles. The second-order valence-corrected chi connectivity index (χ2v) is 6.14. The zero-order valence-electron chi connectivity index (χ0n) is 15.5. The molecular formula is C21H17N5O3. The second-order valence-electron chi connectivity index (χ2n) is 6.14. The summed E-state index contributed by atoms with van der Waals surface area (Å²) in [5.41, 5.74) is 2.22. The van der Waals surface area contributed by atoms with Crippen LogP contribution in [0.1, 0.15) is 20.7 Å². The Balaban J connectivity index is 1.56. The highest BCUT2D eigenvalue weighted by Crippen LogP contribution is 2.27. The van der Waals surface area contributed by atoms with Crippen molar-refractivity contribution < 1.29 is 14.3 Å². The number of aromatic amines is 1. The van der Waals surface area contributed by atoms with E-state index >= 15 is 0 Å². The van der Waals surface area contributed by atoms with E-state index in [0.29, 0.717) is 39.6 Å². The molecule has 0 unspecified atom stereocenters. The van der Waals surface area contributed by atoms with Crippen molar-refractivity contribution in [1.82, 2.24) is 20.3 Å². The van der Waals surface area contributed by atoms with E-state index in [-0.39, 0.29) is 11.8 Å². The molecule has 0 saturated carbocycles. The maximum Gasteiger partial charge on any atom is 0.257 e. The molecule has 2 amide bonds. The second kappa shape index (κ2) is 7.81. The third-order valence-corrected chi connectivity index (χ3v) is 4.20. The lowest BCUT2D eigenvalue weighted by molar-refractivity contribution is 0.0959. The number of hydrogen-bond donors (Lipinski definition) is 3. The van der Waals surface area contributed by atoms with Crippen LogP contribution in [0, 0.1) is 0 Å². The van der Waals surface area contributed by atoms with Gasteiger partial charge in [0.25, 0.3) is 11.8 Å². The number of rotatable bonds is 5. The summed E-state index contributed by atoms with van der Waals surface area (Å²) in [6, 6.07) is 15.7. The van der Waals surface area contributed by atoms with Gasteiger partial charge in [-0.1, -0.05) is 18.2 Å². The minimum absolute atomic E-state index is 0.256. The summed E-state index contributed by atoms with van der Waals surface area (Å²) in [5, 5.41) is 5.30. The van der Waals surface area contributed by atoms with Gasteiger partial charge in [-0.15, -0.1) is 0 Å². The summed E-state index contributed by atoms with van der Waals surface area (Å²) in [6.07, 6.45) is 2.99. The Bertz CT molecular complexity index is 1190. The lowest BCUT2D eigenvalue weighted by atomic mass is 10.2. The predicted octanol–water partition coefficient (Wildman–Crippen LogP) is 3.36. The van der Waals surface area contributed by atoms with Crippen molar-refractivity contribution in [3.05, 3.63) is 78.1 Å². The van der Waals surface area contributed by atoms with Crippen molar-refractivity contribution in [3.63, 3.8) is 0 Å². The fourth-order valence-corrected chi connectivity index (χ4v) is 2.78. The van der Waals surface area contributed by atoms with Crippen molar-refractivity contribution in [2.45, 2.75) is 0 Å². The minimum Gasteiger partial charge on any atom is -0.456 e. The molecule has 3 N–H and O–H groups in total. The summed E-state index contributed by atoms with van der Waals surface area (Å²) in [4.78, 5) is 35.7. The normalized spacial score (nSPS) is 10.5. The highest BCUT2D eigenvalue weighted by Gasteiger charge is 2.13. The van der Waals surface area contributed by atoms with Gasteiger partial charge in [-0.25, -0.2) is 4.98 Å². The molecular weight excluding hydrogens is 370 g/mol. The molecule has 8 heteroatoms. The van der Waals surface area contributed by atoms with Crippen molar-refractivity contribution in [2.75, 3.05) is 12.4 Å². The average molecular weight is 387 g/mol. The SMILES string of the molecule is CNC(=O)c1cnccc1Oc1ccc2nc(NC(=O)c3ccccc3)[nH]c2c1. The van der Waals surface area contributed by atoms with Gasteiger partial charge in [0.05, 0.1) is 11.0 Å². The molecule has 8 nitrogen and oxygen atoms in total. The largest absolute Gasteiger partial charge is 0.456 e. The standard InChI is InChI=1S/C21H17N5O3/c1-22-20(28)15-12-23-10-9-18(15)29-14-7-8-16-17(11-14)25-21(24-16)26-19(27)13-5-3-2-4-6-13/h2-12H,1H3,(H,22,28)(H2,24,25,26,27). The number of anilines is 1.